The lowest BCUT2D eigenvalue weighted by atomic mass is 10.1. The minimum absolute atomic E-state index is 0.0602. The summed E-state index contributed by atoms with van der Waals surface area (Å²) in [6.45, 7) is 2.67. The number of ether oxygens (including phenoxy) is 1. The maximum absolute atomic E-state index is 13.1. The zero-order chi connectivity index (χ0) is 21.7. The predicted octanol–water partition coefficient (Wildman–Crippen LogP) is 3.06. The summed E-state index contributed by atoms with van der Waals surface area (Å²) in [6, 6.07) is 12.1. The number of likely N-dealkylation sites (N-methyl/N-ethyl adjacent to an activating group) is 2. The molecule has 8 nitrogen and oxygen atoms in total. The molecule has 1 heterocycles. The summed E-state index contributed by atoms with van der Waals surface area (Å²) < 4.78 is 5.96. The van der Waals surface area contributed by atoms with Crippen molar-refractivity contribution in [1.82, 2.24) is 4.90 Å². The number of non-ortho nitro benzene ring substituents is 1. The molecule has 2 N–H and O–H groups in total. The molecule has 1 unspecified atom stereocenters. The van der Waals surface area contributed by atoms with Crippen molar-refractivity contribution in [3.8, 4) is 5.75 Å². The maximum atomic E-state index is 13.1. The number of hydrogen-bond donors (Lipinski definition) is 1. The molecule has 2 aromatic rings. The van der Waals surface area contributed by atoms with Crippen LogP contribution in [0, 0.1) is 10.1 Å². The number of nitrogens with two attached hydrogens (primary N) is 1. The predicted molar refractivity (Wildman–Crippen MR) is 118 cm³/mol. The van der Waals surface area contributed by atoms with E-state index in [0.717, 1.165) is 30.1 Å². The lowest BCUT2D eigenvalue weighted by molar-refractivity contribution is -0.384. The Labute approximate surface area is 180 Å². The topological polar surface area (TPSA) is 102 Å². The first-order chi connectivity index (χ1) is 14.4. The van der Waals surface area contributed by atoms with Gasteiger partial charge in [-0.05, 0) is 31.7 Å². The van der Waals surface area contributed by atoms with Crippen LogP contribution in [0.2, 0.25) is 0 Å². The standard InChI is InChI=1S/C21H26N4O4S/c1-23(12-10-22)11-5-13-29-18-9-8-15(25(27)28)14-16(18)20-21(26)24(2)17-6-3-4-7-19(17)30-20/h3-4,6-9,14,20H,5,10-13,22H2,1-2H3. The first-order valence-corrected chi connectivity index (χ1v) is 10.6. The van der Waals surface area contributed by atoms with Crippen molar-refractivity contribution in [2.75, 3.05) is 45.2 Å². The summed E-state index contributed by atoms with van der Waals surface area (Å²) in [5.41, 5.74) is 6.85. The Morgan fingerprint density at radius 1 is 1.27 bits per heavy atom. The van der Waals surface area contributed by atoms with Crippen LogP contribution in [0.1, 0.15) is 17.2 Å². The van der Waals surface area contributed by atoms with E-state index in [1.165, 1.54) is 23.9 Å². The largest absolute Gasteiger partial charge is 0.493 e. The van der Waals surface area contributed by atoms with Crippen LogP contribution < -0.4 is 15.4 Å². The molecule has 0 radical (unpaired) electrons. The maximum Gasteiger partial charge on any atom is 0.270 e. The van der Waals surface area contributed by atoms with E-state index < -0.39 is 10.2 Å². The highest BCUT2D eigenvalue weighted by atomic mass is 32.2. The van der Waals surface area contributed by atoms with Crippen molar-refractivity contribution >= 4 is 29.0 Å². The van der Waals surface area contributed by atoms with Gasteiger partial charge in [-0.15, -0.1) is 11.8 Å². The number of nitrogens with zero attached hydrogens (tertiary/aromatic N) is 3. The van der Waals surface area contributed by atoms with Gasteiger partial charge in [0.15, 0.2) is 0 Å². The van der Waals surface area contributed by atoms with E-state index in [0.29, 0.717) is 24.5 Å². The summed E-state index contributed by atoms with van der Waals surface area (Å²) in [5, 5.41) is 10.7. The number of hydrogen-bond acceptors (Lipinski definition) is 7. The third-order valence-electron chi connectivity index (χ3n) is 4.97. The Morgan fingerprint density at radius 3 is 2.77 bits per heavy atom. The monoisotopic (exact) mass is 430 g/mol. The second kappa shape index (κ2) is 9.92. The van der Waals surface area contributed by atoms with Crippen LogP contribution in [0.5, 0.6) is 5.75 Å². The molecule has 3 rings (SSSR count). The van der Waals surface area contributed by atoms with Crippen molar-refractivity contribution in [3.05, 3.63) is 58.1 Å². The third-order valence-corrected chi connectivity index (χ3v) is 6.26. The van der Waals surface area contributed by atoms with Crippen molar-refractivity contribution in [3.63, 3.8) is 0 Å². The Kier molecular flexibility index (Phi) is 7.30. The molecule has 0 saturated carbocycles. The summed E-state index contributed by atoms with van der Waals surface area (Å²) in [6.07, 6.45) is 0.779. The van der Waals surface area contributed by atoms with Crippen LogP contribution in [-0.2, 0) is 4.79 Å². The summed E-state index contributed by atoms with van der Waals surface area (Å²) in [7, 11) is 3.72. The van der Waals surface area contributed by atoms with Crippen molar-refractivity contribution < 1.29 is 14.5 Å². The lowest BCUT2D eigenvalue weighted by Crippen LogP contribution is -2.34. The van der Waals surface area contributed by atoms with E-state index in [2.05, 4.69) is 4.90 Å². The highest BCUT2D eigenvalue weighted by Crippen LogP contribution is 2.48. The van der Waals surface area contributed by atoms with E-state index in [1.54, 1.807) is 18.0 Å². The van der Waals surface area contributed by atoms with E-state index in [1.807, 2.05) is 31.3 Å². The molecule has 2 aromatic carbocycles. The second-order valence-electron chi connectivity index (χ2n) is 7.14. The van der Waals surface area contributed by atoms with Crippen LogP contribution in [-0.4, -0.2) is 56.1 Å². The smallest absolute Gasteiger partial charge is 0.270 e. The molecule has 9 heteroatoms. The van der Waals surface area contributed by atoms with Gasteiger partial charge in [0, 0.05) is 49.3 Å². The summed E-state index contributed by atoms with van der Waals surface area (Å²) in [4.78, 5) is 28.6. The number of rotatable bonds is 9. The minimum Gasteiger partial charge on any atom is -0.493 e. The third kappa shape index (κ3) is 4.92. The number of fused-ring (bicyclic) bond motifs is 1. The van der Waals surface area contributed by atoms with Crippen LogP contribution >= 0.6 is 11.8 Å². The van der Waals surface area contributed by atoms with Crippen LogP contribution in [0.3, 0.4) is 0 Å². The zero-order valence-corrected chi connectivity index (χ0v) is 17.9. The fourth-order valence-corrected chi connectivity index (χ4v) is 4.64. The molecule has 1 atom stereocenters. The molecular weight excluding hydrogens is 404 g/mol. The average molecular weight is 431 g/mol. The molecule has 0 fully saturated rings. The van der Waals surface area contributed by atoms with Crippen LogP contribution in [0.25, 0.3) is 0 Å². The number of carbonyl (C=O) groups is 1. The normalized spacial score (nSPS) is 15.9. The summed E-state index contributed by atoms with van der Waals surface area (Å²) in [5.74, 6) is 0.368. The van der Waals surface area contributed by atoms with Gasteiger partial charge in [0.2, 0.25) is 5.91 Å². The number of para-hydroxylation sites is 1. The fourth-order valence-electron chi connectivity index (χ4n) is 3.34. The van der Waals surface area contributed by atoms with Gasteiger partial charge >= 0.3 is 0 Å². The molecule has 1 aliphatic heterocycles. The molecular formula is C21H26N4O4S. The Bertz CT molecular complexity index is 924. The fraction of sp³-hybridized carbons (Fsp3) is 0.381. The molecule has 0 aliphatic carbocycles. The van der Waals surface area contributed by atoms with Gasteiger partial charge < -0.3 is 20.3 Å². The number of benzene rings is 2. The lowest BCUT2D eigenvalue weighted by Gasteiger charge is -2.31. The Balaban J connectivity index is 1.84. The van der Waals surface area contributed by atoms with Crippen LogP contribution in [0.15, 0.2) is 47.4 Å². The zero-order valence-electron chi connectivity index (χ0n) is 17.1. The van der Waals surface area contributed by atoms with E-state index >= 15 is 0 Å². The number of nitro groups is 1. The number of thioether (sulfide) groups is 1. The molecule has 30 heavy (non-hydrogen) atoms. The van der Waals surface area contributed by atoms with Gasteiger partial charge in [0.05, 0.1) is 17.2 Å². The highest BCUT2D eigenvalue weighted by Gasteiger charge is 2.35. The van der Waals surface area contributed by atoms with Crippen LogP contribution in [0.4, 0.5) is 11.4 Å². The van der Waals surface area contributed by atoms with Gasteiger partial charge in [-0.3, -0.25) is 14.9 Å². The highest BCUT2D eigenvalue weighted by molar-refractivity contribution is 8.00. The first-order valence-electron chi connectivity index (χ1n) is 9.75. The summed E-state index contributed by atoms with van der Waals surface area (Å²) >= 11 is 1.39. The molecule has 160 valence electrons. The number of carbonyl (C=O) groups excluding carboxylic acids is 1. The number of amides is 1. The second-order valence-corrected chi connectivity index (χ2v) is 8.28. The average Bonchev–Trinajstić information content (AvgIpc) is 2.74. The van der Waals surface area contributed by atoms with E-state index in [9.17, 15) is 14.9 Å². The molecule has 1 aliphatic rings. The van der Waals surface area contributed by atoms with Gasteiger partial charge in [-0.1, -0.05) is 12.1 Å². The molecule has 0 aromatic heterocycles. The number of anilines is 1. The SMILES string of the molecule is CN(CCN)CCCOc1ccc([N+](=O)[O-])cc1C1Sc2ccccc2N(C)C1=O. The van der Waals surface area contributed by atoms with Gasteiger partial charge in [-0.25, -0.2) is 0 Å². The molecule has 1 amide bonds. The van der Waals surface area contributed by atoms with Crippen molar-refractivity contribution in [1.29, 1.82) is 0 Å². The quantitative estimate of drug-likeness (QED) is 0.370. The molecule has 0 spiro atoms. The molecule has 0 saturated heterocycles. The Hall–Kier alpha value is -2.62. The van der Waals surface area contributed by atoms with Crippen molar-refractivity contribution in [2.24, 2.45) is 5.73 Å². The number of nitro benzene ring substituents is 1. The van der Waals surface area contributed by atoms with Crippen molar-refractivity contribution in [2.45, 2.75) is 16.6 Å². The first kappa shape index (κ1) is 22.1. The van der Waals surface area contributed by atoms with E-state index in [4.69, 9.17) is 10.5 Å². The molecule has 0 bridgehead atoms. The van der Waals surface area contributed by atoms with E-state index in [-0.39, 0.29) is 11.6 Å². The van der Waals surface area contributed by atoms with Gasteiger partial charge in [-0.2, -0.15) is 0 Å². The van der Waals surface area contributed by atoms with Gasteiger partial charge in [0.25, 0.3) is 5.69 Å². The Morgan fingerprint density at radius 2 is 2.03 bits per heavy atom. The van der Waals surface area contributed by atoms with Gasteiger partial charge in [0.1, 0.15) is 11.0 Å². The minimum atomic E-state index is -0.611.